The Morgan fingerprint density at radius 2 is 2.00 bits per heavy atom. The highest BCUT2D eigenvalue weighted by molar-refractivity contribution is 5.68. The van der Waals surface area contributed by atoms with Gasteiger partial charge in [0, 0.05) is 13.0 Å². The monoisotopic (exact) mass is 188 g/mol. The van der Waals surface area contributed by atoms with Crippen LogP contribution in [0.1, 0.15) is 33.1 Å². The van der Waals surface area contributed by atoms with Crippen molar-refractivity contribution in [2.45, 2.75) is 33.1 Å². The Morgan fingerprint density at radius 3 is 2.46 bits per heavy atom. The molecule has 0 aromatic carbocycles. The van der Waals surface area contributed by atoms with Crippen molar-refractivity contribution in [3.63, 3.8) is 0 Å². The lowest BCUT2D eigenvalue weighted by atomic mass is 9.92. The van der Waals surface area contributed by atoms with Crippen LogP contribution in [0.3, 0.4) is 0 Å². The van der Waals surface area contributed by atoms with E-state index in [0.717, 1.165) is 12.8 Å². The molecule has 0 bridgehead atoms. The van der Waals surface area contributed by atoms with Crippen LogP contribution < -0.4 is 0 Å². The second-order valence-corrected chi connectivity index (χ2v) is 3.61. The number of hydrogen-bond donors (Lipinski definition) is 1. The topological polar surface area (TPSA) is 46.5 Å². The summed E-state index contributed by atoms with van der Waals surface area (Å²) in [6.45, 7) is 4.33. The Morgan fingerprint density at radius 1 is 1.38 bits per heavy atom. The predicted octanol–water partition coefficient (Wildman–Crippen LogP) is 1.59. The van der Waals surface area contributed by atoms with Crippen LogP contribution in [0, 0.1) is 11.8 Å². The molecular weight excluding hydrogens is 168 g/mol. The second kappa shape index (κ2) is 6.89. The molecule has 0 saturated carbocycles. The lowest BCUT2D eigenvalue weighted by molar-refractivity contribution is -0.140. The zero-order chi connectivity index (χ0) is 10.3. The molecule has 0 unspecified atom stereocenters. The number of rotatable bonds is 6. The van der Waals surface area contributed by atoms with Gasteiger partial charge in [-0.25, -0.2) is 0 Å². The number of esters is 1. The van der Waals surface area contributed by atoms with Gasteiger partial charge >= 0.3 is 5.97 Å². The standard InChI is InChI=1S/C10H20O3/c1-8(9(2)7-11)5-4-6-10(12)13-3/h8-9,11H,4-7H2,1-3H3/t8-,9+/m0/s1. The van der Waals surface area contributed by atoms with Crippen molar-refractivity contribution in [2.24, 2.45) is 11.8 Å². The first kappa shape index (κ1) is 12.4. The molecule has 0 amide bonds. The zero-order valence-electron chi connectivity index (χ0n) is 8.75. The van der Waals surface area contributed by atoms with E-state index in [-0.39, 0.29) is 12.6 Å². The van der Waals surface area contributed by atoms with Crippen molar-refractivity contribution in [3.05, 3.63) is 0 Å². The van der Waals surface area contributed by atoms with Gasteiger partial charge in [-0.05, 0) is 24.7 Å². The Kier molecular flexibility index (Phi) is 6.59. The fourth-order valence-corrected chi connectivity index (χ4v) is 1.13. The quantitative estimate of drug-likeness (QED) is 0.644. The van der Waals surface area contributed by atoms with Gasteiger partial charge in [0.1, 0.15) is 0 Å². The molecule has 78 valence electrons. The smallest absolute Gasteiger partial charge is 0.305 e. The summed E-state index contributed by atoms with van der Waals surface area (Å²) < 4.78 is 4.53. The number of methoxy groups -OCH3 is 1. The summed E-state index contributed by atoms with van der Waals surface area (Å²) in [6, 6.07) is 0. The molecule has 3 nitrogen and oxygen atoms in total. The molecule has 0 aliphatic heterocycles. The molecule has 0 aliphatic carbocycles. The van der Waals surface area contributed by atoms with Crippen LogP contribution in [0.4, 0.5) is 0 Å². The minimum Gasteiger partial charge on any atom is -0.469 e. The molecule has 13 heavy (non-hydrogen) atoms. The number of ether oxygens (including phenoxy) is 1. The number of carbonyl (C=O) groups excluding carboxylic acids is 1. The Labute approximate surface area is 80.1 Å². The van der Waals surface area contributed by atoms with E-state index in [9.17, 15) is 4.79 Å². The number of aliphatic hydroxyl groups is 1. The number of hydrogen-bond acceptors (Lipinski definition) is 3. The van der Waals surface area contributed by atoms with Gasteiger partial charge in [-0.3, -0.25) is 4.79 Å². The third kappa shape index (κ3) is 5.64. The highest BCUT2D eigenvalue weighted by Crippen LogP contribution is 2.17. The zero-order valence-corrected chi connectivity index (χ0v) is 8.75. The van der Waals surface area contributed by atoms with Crippen molar-refractivity contribution in [3.8, 4) is 0 Å². The summed E-state index contributed by atoms with van der Waals surface area (Å²) in [7, 11) is 1.40. The van der Waals surface area contributed by atoms with Crippen LogP contribution in [0.5, 0.6) is 0 Å². The van der Waals surface area contributed by atoms with Crippen molar-refractivity contribution < 1.29 is 14.6 Å². The summed E-state index contributed by atoms with van der Waals surface area (Å²) in [5.74, 6) is 0.635. The van der Waals surface area contributed by atoms with Crippen molar-refractivity contribution in [1.82, 2.24) is 0 Å². The van der Waals surface area contributed by atoms with Crippen LogP contribution in [0.2, 0.25) is 0 Å². The van der Waals surface area contributed by atoms with Crippen LogP contribution in [-0.2, 0) is 9.53 Å². The normalized spacial score (nSPS) is 15.1. The van der Waals surface area contributed by atoms with E-state index in [1.807, 2.05) is 6.92 Å². The molecule has 0 saturated heterocycles. The van der Waals surface area contributed by atoms with Crippen LogP contribution in [0.15, 0.2) is 0 Å². The Bertz CT molecular complexity index is 145. The van der Waals surface area contributed by atoms with Gasteiger partial charge in [-0.1, -0.05) is 13.8 Å². The molecule has 2 atom stereocenters. The average Bonchev–Trinajstić information content (AvgIpc) is 2.15. The van der Waals surface area contributed by atoms with E-state index in [4.69, 9.17) is 5.11 Å². The first-order valence-corrected chi connectivity index (χ1v) is 4.79. The molecule has 1 N–H and O–H groups in total. The fraction of sp³-hybridized carbons (Fsp3) is 0.900. The maximum absolute atomic E-state index is 10.8. The molecule has 0 aromatic heterocycles. The number of aliphatic hydroxyl groups excluding tert-OH is 1. The Balaban J connectivity index is 3.47. The SMILES string of the molecule is COC(=O)CCC[C@H](C)[C@H](C)CO. The van der Waals surface area contributed by atoms with E-state index in [1.54, 1.807) is 0 Å². The first-order chi connectivity index (χ1) is 6.11. The summed E-state index contributed by atoms with van der Waals surface area (Å²) in [4.78, 5) is 10.8. The van der Waals surface area contributed by atoms with E-state index in [1.165, 1.54) is 7.11 Å². The third-order valence-corrected chi connectivity index (χ3v) is 2.53. The van der Waals surface area contributed by atoms with Crippen LogP contribution >= 0.6 is 0 Å². The molecule has 0 radical (unpaired) electrons. The second-order valence-electron chi connectivity index (χ2n) is 3.61. The molecule has 3 heteroatoms. The third-order valence-electron chi connectivity index (χ3n) is 2.53. The van der Waals surface area contributed by atoms with E-state index >= 15 is 0 Å². The van der Waals surface area contributed by atoms with Crippen molar-refractivity contribution in [2.75, 3.05) is 13.7 Å². The maximum Gasteiger partial charge on any atom is 0.305 e. The number of carbonyl (C=O) groups is 1. The van der Waals surface area contributed by atoms with Gasteiger partial charge in [-0.2, -0.15) is 0 Å². The molecule has 0 spiro atoms. The summed E-state index contributed by atoms with van der Waals surface area (Å²) in [5.41, 5.74) is 0. The van der Waals surface area contributed by atoms with Crippen molar-refractivity contribution >= 4 is 5.97 Å². The first-order valence-electron chi connectivity index (χ1n) is 4.79. The average molecular weight is 188 g/mol. The van der Waals surface area contributed by atoms with Gasteiger partial charge in [0.25, 0.3) is 0 Å². The molecule has 0 heterocycles. The molecule has 0 rings (SSSR count). The lowest BCUT2D eigenvalue weighted by Crippen LogP contribution is -2.12. The summed E-state index contributed by atoms with van der Waals surface area (Å²) in [6.07, 6.45) is 2.30. The van der Waals surface area contributed by atoms with Crippen LogP contribution in [0.25, 0.3) is 0 Å². The Hall–Kier alpha value is -0.570. The lowest BCUT2D eigenvalue weighted by Gasteiger charge is -2.16. The van der Waals surface area contributed by atoms with Gasteiger partial charge in [0.2, 0.25) is 0 Å². The van der Waals surface area contributed by atoms with Crippen LogP contribution in [-0.4, -0.2) is 24.8 Å². The molecule has 0 aromatic rings. The van der Waals surface area contributed by atoms with E-state index in [0.29, 0.717) is 18.3 Å². The van der Waals surface area contributed by atoms with Gasteiger partial charge in [0.15, 0.2) is 0 Å². The van der Waals surface area contributed by atoms with E-state index < -0.39 is 0 Å². The minimum atomic E-state index is -0.149. The summed E-state index contributed by atoms with van der Waals surface area (Å²) in [5, 5.41) is 8.87. The maximum atomic E-state index is 10.8. The van der Waals surface area contributed by atoms with E-state index in [2.05, 4.69) is 11.7 Å². The molecule has 0 fully saturated rings. The van der Waals surface area contributed by atoms with Gasteiger partial charge in [-0.15, -0.1) is 0 Å². The largest absolute Gasteiger partial charge is 0.469 e. The van der Waals surface area contributed by atoms with Gasteiger partial charge in [0.05, 0.1) is 7.11 Å². The van der Waals surface area contributed by atoms with Gasteiger partial charge < -0.3 is 9.84 Å². The highest BCUT2D eigenvalue weighted by atomic mass is 16.5. The fourth-order valence-electron chi connectivity index (χ4n) is 1.13. The summed E-state index contributed by atoms with van der Waals surface area (Å²) >= 11 is 0. The van der Waals surface area contributed by atoms with Crippen molar-refractivity contribution in [1.29, 1.82) is 0 Å². The minimum absolute atomic E-state index is 0.149. The molecular formula is C10H20O3. The highest BCUT2D eigenvalue weighted by Gasteiger charge is 2.11. The predicted molar refractivity (Wildman–Crippen MR) is 51.3 cm³/mol. The molecule has 0 aliphatic rings.